The molecule has 18 heavy (non-hydrogen) atoms. The summed E-state index contributed by atoms with van der Waals surface area (Å²) in [4.78, 5) is 2.71. The Labute approximate surface area is 112 Å². The zero-order chi connectivity index (χ0) is 13.0. The Morgan fingerprint density at radius 1 is 1.11 bits per heavy atom. The molecule has 2 aliphatic rings. The van der Waals surface area contributed by atoms with E-state index in [1.54, 1.807) is 0 Å². The summed E-state index contributed by atoms with van der Waals surface area (Å²) in [6.07, 6.45) is 5.99. The van der Waals surface area contributed by atoms with E-state index in [1.807, 2.05) is 0 Å². The normalized spacial score (nSPS) is 35.0. The van der Waals surface area contributed by atoms with Gasteiger partial charge in [0.2, 0.25) is 0 Å². The van der Waals surface area contributed by atoms with Gasteiger partial charge in [0.1, 0.15) is 0 Å². The topological polar surface area (TPSA) is 24.5 Å². The third-order valence-corrected chi connectivity index (χ3v) is 4.55. The fourth-order valence-electron chi connectivity index (χ4n) is 3.60. The van der Waals surface area contributed by atoms with Gasteiger partial charge in [0.25, 0.3) is 0 Å². The molecular formula is C15H30N2O. The SMILES string of the molecule is CCN(CC1CCNCC1)C1CC(C)OC(C)C1. The molecule has 0 saturated carbocycles. The summed E-state index contributed by atoms with van der Waals surface area (Å²) in [5.74, 6) is 0.902. The summed E-state index contributed by atoms with van der Waals surface area (Å²) in [7, 11) is 0. The first-order valence-corrected chi connectivity index (χ1v) is 7.79. The molecule has 2 fully saturated rings. The van der Waals surface area contributed by atoms with Crippen molar-refractivity contribution in [1.82, 2.24) is 10.2 Å². The quantitative estimate of drug-likeness (QED) is 0.833. The lowest BCUT2D eigenvalue weighted by Gasteiger charge is -2.41. The lowest BCUT2D eigenvalue weighted by molar-refractivity contribution is -0.0668. The zero-order valence-electron chi connectivity index (χ0n) is 12.3. The first-order chi connectivity index (χ1) is 8.69. The van der Waals surface area contributed by atoms with Gasteiger partial charge in [0.15, 0.2) is 0 Å². The maximum Gasteiger partial charge on any atom is 0.0565 e. The molecule has 2 heterocycles. The lowest BCUT2D eigenvalue weighted by atomic mass is 9.93. The van der Waals surface area contributed by atoms with Gasteiger partial charge in [-0.25, -0.2) is 0 Å². The summed E-state index contributed by atoms with van der Waals surface area (Å²) in [6.45, 7) is 11.7. The van der Waals surface area contributed by atoms with E-state index in [2.05, 4.69) is 31.0 Å². The minimum atomic E-state index is 0.431. The van der Waals surface area contributed by atoms with Crippen LogP contribution in [-0.2, 0) is 4.74 Å². The third kappa shape index (κ3) is 3.94. The summed E-state index contributed by atoms with van der Waals surface area (Å²) in [5.41, 5.74) is 0. The van der Waals surface area contributed by atoms with Gasteiger partial charge in [0, 0.05) is 12.6 Å². The average Bonchev–Trinajstić information content (AvgIpc) is 2.36. The molecule has 2 saturated heterocycles. The van der Waals surface area contributed by atoms with Crippen LogP contribution in [0.15, 0.2) is 0 Å². The van der Waals surface area contributed by atoms with Crippen molar-refractivity contribution in [3.8, 4) is 0 Å². The zero-order valence-corrected chi connectivity index (χ0v) is 12.3. The first-order valence-electron chi connectivity index (χ1n) is 7.79. The van der Waals surface area contributed by atoms with Crippen molar-refractivity contribution in [3.05, 3.63) is 0 Å². The van der Waals surface area contributed by atoms with Crippen molar-refractivity contribution in [2.75, 3.05) is 26.2 Å². The fraction of sp³-hybridized carbons (Fsp3) is 1.00. The van der Waals surface area contributed by atoms with Gasteiger partial charge in [-0.2, -0.15) is 0 Å². The van der Waals surface area contributed by atoms with Crippen molar-refractivity contribution in [2.45, 2.75) is 64.7 Å². The van der Waals surface area contributed by atoms with E-state index in [1.165, 1.54) is 51.9 Å². The van der Waals surface area contributed by atoms with Crippen molar-refractivity contribution >= 4 is 0 Å². The second-order valence-electron chi connectivity index (χ2n) is 6.16. The number of rotatable bonds is 4. The molecule has 0 amide bonds. The third-order valence-electron chi connectivity index (χ3n) is 4.55. The molecule has 2 unspecified atom stereocenters. The van der Waals surface area contributed by atoms with Crippen LogP contribution >= 0.6 is 0 Å². The Hall–Kier alpha value is -0.120. The van der Waals surface area contributed by atoms with Gasteiger partial charge >= 0.3 is 0 Å². The summed E-state index contributed by atoms with van der Waals surface area (Å²) >= 11 is 0. The van der Waals surface area contributed by atoms with Crippen molar-refractivity contribution in [1.29, 1.82) is 0 Å². The van der Waals surface area contributed by atoms with Crippen LogP contribution in [0.4, 0.5) is 0 Å². The van der Waals surface area contributed by atoms with Gasteiger partial charge in [-0.15, -0.1) is 0 Å². The van der Waals surface area contributed by atoms with Crippen LogP contribution in [0.5, 0.6) is 0 Å². The van der Waals surface area contributed by atoms with E-state index in [0.29, 0.717) is 12.2 Å². The standard InChI is InChI=1S/C15H30N2O/c1-4-17(11-14-5-7-16-8-6-14)15-9-12(2)18-13(3)10-15/h12-16H,4-11H2,1-3H3. The number of ether oxygens (including phenoxy) is 1. The predicted molar refractivity (Wildman–Crippen MR) is 75.9 cm³/mol. The maximum atomic E-state index is 5.86. The number of piperidine rings is 1. The molecule has 1 N–H and O–H groups in total. The highest BCUT2D eigenvalue weighted by Crippen LogP contribution is 2.25. The van der Waals surface area contributed by atoms with Crippen LogP contribution in [-0.4, -0.2) is 49.3 Å². The molecule has 3 nitrogen and oxygen atoms in total. The number of nitrogens with one attached hydrogen (secondary N) is 1. The molecule has 2 rings (SSSR count). The summed E-state index contributed by atoms with van der Waals surface area (Å²) in [5, 5.41) is 3.46. The number of nitrogens with zero attached hydrogens (tertiary/aromatic N) is 1. The molecule has 0 radical (unpaired) electrons. The second-order valence-corrected chi connectivity index (χ2v) is 6.16. The fourth-order valence-corrected chi connectivity index (χ4v) is 3.60. The van der Waals surface area contributed by atoms with Crippen LogP contribution in [0.1, 0.15) is 46.5 Å². The smallest absolute Gasteiger partial charge is 0.0565 e. The summed E-state index contributed by atoms with van der Waals surface area (Å²) in [6, 6.07) is 0.739. The second kappa shape index (κ2) is 6.88. The number of hydrogen-bond acceptors (Lipinski definition) is 3. The average molecular weight is 254 g/mol. The van der Waals surface area contributed by atoms with Crippen LogP contribution in [0.2, 0.25) is 0 Å². The Morgan fingerprint density at radius 2 is 1.72 bits per heavy atom. The Balaban J connectivity index is 1.86. The van der Waals surface area contributed by atoms with E-state index < -0.39 is 0 Å². The predicted octanol–water partition coefficient (Wildman–Crippen LogP) is 2.26. The van der Waals surface area contributed by atoms with Gasteiger partial charge in [-0.1, -0.05) is 6.92 Å². The summed E-state index contributed by atoms with van der Waals surface area (Å²) < 4.78 is 5.86. The number of hydrogen-bond donors (Lipinski definition) is 1. The van der Waals surface area contributed by atoms with E-state index in [4.69, 9.17) is 4.74 Å². The minimum absolute atomic E-state index is 0.431. The molecule has 0 aromatic carbocycles. The van der Waals surface area contributed by atoms with Gasteiger partial charge in [-0.3, -0.25) is 0 Å². The monoisotopic (exact) mass is 254 g/mol. The van der Waals surface area contributed by atoms with Crippen molar-refractivity contribution in [2.24, 2.45) is 5.92 Å². The molecule has 2 atom stereocenters. The van der Waals surface area contributed by atoms with Crippen molar-refractivity contribution in [3.63, 3.8) is 0 Å². The highest BCUT2D eigenvalue weighted by Gasteiger charge is 2.29. The van der Waals surface area contributed by atoms with E-state index in [-0.39, 0.29) is 0 Å². The molecule has 0 spiro atoms. The molecular weight excluding hydrogens is 224 g/mol. The molecule has 0 aliphatic carbocycles. The van der Waals surface area contributed by atoms with Gasteiger partial charge in [-0.05, 0) is 65.1 Å². The van der Waals surface area contributed by atoms with E-state index in [9.17, 15) is 0 Å². The molecule has 0 bridgehead atoms. The van der Waals surface area contributed by atoms with Crippen LogP contribution in [0.25, 0.3) is 0 Å². The van der Waals surface area contributed by atoms with E-state index >= 15 is 0 Å². The van der Waals surface area contributed by atoms with Crippen LogP contribution in [0, 0.1) is 5.92 Å². The minimum Gasteiger partial charge on any atom is -0.375 e. The van der Waals surface area contributed by atoms with Crippen molar-refractivity contribution < 1.29 is 4.74 Å². The Morgan fingerprint density at radius 3 is 2.28 bits per heavy atom. The largest absolute Gasteiger partial charge is 0.375 e. The maximum absolute atomic E-state index is 5.86. The van der Waals surface area contributed by atoms with Gasteiger partial charge in [0.05, 0.1) is 12.2 Å². The first kappa shape index (κ1) is 14.3. The lowest BCUT2D eigenvalue weighted by Crippen LogP contribution is -2.47. The molecule has 106 valence electrons. The molecule has 0 aromatic heterocycles. The van der Waals surface area contributed by atoms with E-state index in [0.717, 1.165) is 12.0 Å². The molecule has 2 aliphatic heterocycles. The molecule has 0 aromatic rings. The Bertz CT molecular complexity index is 231. The van der Waals surface area contributed by atoms with Gasteiger partial charge < -0.3 is 15.0 Å². The highest BCUT2D eigenvalue weighted by molar-refractivity contribution is 4.83. The molecule has 3 heteroatoms. The Kier molecular flexibility index (Phi) is 5.46. The van der Waals surface area contributed by atoms with Crippen LogP contribution < -0.4 is 5.32 Å². The highest BCUT2D eigenvalue weighted by atomic mass is 16.5. The van der Waals surface area contributed by atoms with Crippen LogP contribution in [0.3, 0.4) is 0 Å².